The van der Waals surface area contributed by atoms with Gasteiger partial charge in [0.2, 0.25) is 0 Å². The molecular weight excluding hydrogens is 280 g/mol. The van der Waals surface area contributed by atoms with E-state index in [4.69, 9.17) is 0 Å². The van der Waals surface area contributed by atoms with Crippen LogP contribution in [0.5, 0.6) is 0 Å². The molecule has 138 valence electrons. The van der Waals surface area contributed by atoms with Crippen molar-refractivity contribution in [2.75, 3.05) is 0 Å². The van der Waals surface area contributed by atoms with E-state index in [1.807, 2.05) is 0 Å². The van der Waals surface area contributed by atoms with Crippen molar-refractivity contribution in [1.82, 2.24) is 0 Å². The Hall–Kier alpha value is -0.330. The Bertz CT molecular complexity index is 224. The molecule has 0 spiro atoms. The number of aldehydes is 1. The molecule has 0 radical (unpaired) electrons. The van der Waals surface area contributed by atoms with Gasteiger partial charge in [-0.2, -0.15) is 0 Å². The highest BCUT2D eigenvalue weighted by molar-refractivity contribution is 5.53. The van der Waals surface area contributed by atoms with Crippen LogP contribution in [-0.4, -0.2) is 6.29 Å². The Morgan fingerprint density at radius 2 is 0.826 bits per heavy atom. The molecule has 1 unspecified atom stereocenters. The van der Waals surface area contributed by atoms with Gasteiger partial charge in [0, 0.05) is 5.92 Å². The first kappa shape index (κ1) is 22.7. The average molecular weight is 325 g/mol. The van der Waals surface area contributed by atoms with E-state index in [9.17, 15) is 4.79 Å². The molecule has 0 N–H and O–H groups in total. The van der Waals surface area contributed by atoms with Crippen LogP contribution in [0.1, 0.15) is 129 Å². The molecule has 0 fully saturated rings. The summed E-state index contributed by atoms with van der Waals surface area (Å²) < 4.78 is 0. The molecule has 0 heterocycles. The monoisotopic (exact) mass is 324 g/mol. The maximum absolute atomic E-state index is 11.1. The molecule has 23 heavy (non-hydrogen) atoms. The third-order valence-corrected chi connectivity index (χ3v) is 5.05. The van der Waals surface area contributed by atoms with Gasteiger partial charge in [0.25, 0.3) is 0 Å². The maximum atomic E-state index is 11.1. The minimum absolute atomic E-state index is 0.343. The van der Waals surface area contributed by atoms with Crippen molar-refractivity contribution in [3.8, 4) is 0 Å². The van der Waals surface area contributed by atoms with E-state index < -0.39 is 0 Å². The van der Waals surface area contributed by atoms with Crippen molar-refractivity contribution in [3.63, 3.8) is 0 Å². The molecule has 1 atom stereocenters. The Morgan fingerprint density at radius 3 is 1.13 bits per heavy atom. The van der Waals surface area contributed by atoms with Crippen molar-refractivity contribution < 1.29 is 4.79 Å². The second-order valence-corrected chi connectivity index (χ2v) is 7.42. The van der Waals surface area contributed by atoms with Gasteiger partial charge in [-0.15, -0.1) is 0 Å². The minimum atomic E-state index is 0.343. The van der Waals surface area contributed by atoms with Crippen LogP contribution in [0.4, 0.5) is 0 Å². The molecule has 1 nitrogen and oxygen atoms in total. The summed E-state index contributed by atoms with van der Waals surface area (Å²) in [5, 5.41) is 0. The second kappa shape index (κ2) is 19.7. The fourth-order valence-corrected chi connectivity index (χ4v) is 3.36. The lowest BCUT2D eigenvalue weighted by Crippen LogP contribution is -2.02. The van der Waals surface area contributed by atoms with E-state index in [2.05, 4.69) is 13.8 Å². The van der Waals surface area contributed by atoms with Crippen LogP contribution in [0, 0.1) is 5.92 Å². The number of hydrogen-bond donors (Lipinski definition) is 0. The van der Waals surface area contributed by atoms with Gasteiger partial charge in [-0.25, -0.2) is 0 Å². The Labute approximate surface area is 147 Å². The molecular formula is C22H44O. The third-order valence-electron chi connectivity index (χ3n) is 5.05. The molecule has 0 bridgehead atoms. The lowest BCUT2D eigenvalue weighted by molar-refractivity contribution is -0.111. The lowest BCUT2D eigenvalue weighted by Gasteiger charge is -2.10. The highest BCUT2D eigenvalue weighted by Crippen LogP contribution is 2.18. The third kappa shape index (κ3) is 17.9. The number of carbonyl (C=O) groups is 1. The van der Waals surface area contributed by atoms with Crippen LogP contribution in [0.3, 0.4) is 0 Å². The molecule has 0 aromatic heterocycles. The minimum Gasteiger partial charge on any atom is -0.303 e. The number of carbonyl (C=O) groups excluding carboxylic acids is 1. The highest BCUT2D eigenvalue weighted by Gasteiger charge is 2.06. The summed E-state index contributed by atoms with van der Waals surface area (Å²) >= 11 is 0. The van der Waals surface area contributed by atoms with Gasteiger partial charge < -0.3 is 4.79 Å². The van der Waals surface area contributed by atoms with Crippen molar-refractivity contribution >= 4 is 6.29 Å². The summed E-state index contributed by atoms with van der Waals surface area (Å²) in [6.07, 6.45) is 25.3. The molecule has 0 aliphatic carbocycles. The largest absolute Gasteiger partial charge is 0.303 e. The molecule has 0 aliphatic rings. The van der Waals surface area contributed by atoms with Crippen LogP contribution >= 0.6 is 0 Å². The molecule has 0 aliphatic heterocycles. The van der Waals surface area contributed by atoms with Crippen molar-refractivity contribution in [3.05, 3.63) is 0 Å². The van der Waals surface area contributed by atoms with Crippen molar-refractivity contribution in [1.29, 1.82) is 0 Å². The molecule has 0 aromatic carbocycles. The highest BCUT2D eigenvalue weighted by atomic mass is 16.1. The number of hydrogen-bond acceptors (Lipinski definition) is 1. The predicted molar refractivity (Wildman–Crippen MR) is 104 cm³/mol. The first-order valence-corrected chi connectivity index (χ1v) is 10.8. The van der Waals surface area contributed by atoms with E-state index in [1.54, 1.807) is 0 Å². The summed E-state index contributed by atoms with van der Waals surface area (Å²) in [4.78, 5) is 11.1. The van der Waals surface area contributed by atoms with Gasteiger partial charge in [0.05, 0.1) is 0 Å². The second-order valence-electron chi connectivity index (χ2n) is 7.42. The SMILES string of the molecule is CCCCCCCCCCCCCC(C=O)CCCCCCC. The smallest absolute Gasteiger partial charge is 0.123 e. The summed E-state index contributed by atoms with van der Waals surface area (Å²) in [5.41, 5.74) is 0. The Morgan fingerprint density at radius 1 is 0.522 bits per heavy atom. The predicted octanol–water partition coefficient (Wildman–Crippen LogP) is 7.86. The molecule has 0 saturated heterocycles. The Kier molecular flexibility index (Phi) is 19.4. The van der Waals surface area contributed by atoms with Crippen molar-refractivity contribution in [2.45, 2.75) is 129 Å². The van der Waals surface area contributed by atoms with E-state index in [-0.39, 0.29) is 0 Å². The normalized spacial score (nSPS) is 12.4. The van der Waals surface area contributed by atoms with Crippen LogP contribution in [0.25, 0.3) is 0 Å². The van der Waals surface area contributed by atoms with Crippen LogP contribution < -0.4 is 0 Å². The van der Waals surface area contributed by atoms with E-state index in [0.29, 0.717) is 5.92 Å². The van der Waals surface area contributed by atoms with Gasteiger partial charge in [-0.1, -0.05) is 117 Å². The zero-order valence-electron chi connectivity index (χ0n) is 16.3. The van der Waals surface area contributed by atoms with E-state index >= 15 is 0 Å². The van der Waals surface area contributed by atoms with E-state index in [0.717, 1.165) is 12.8 Å². The summed E-state index contributed by atoms with van der Waals surface area (Å²) in [6, 6.07) is 0. The van der Waals surface area contributed by atoms with Crippen LogP contribution in [-0.2, 0) is 4.79 Å². The zero-order valence-corrected chi connectivity index (χ0v) is 16.3. The van der Waals surface area contributed by atoms with Gasteiger partial charge in [0.15, 0.2) is 0 Å². The molecule has 0 saturated carbocycles. The van der Waals surface area contributed by atoms with Gasteiger partial charge >= 0.3 is 0 Å². The van der Waals surface area contributed by atoms with E-state index in [1.165, 1.54) is 109 Å². The van der Waals surface area contributed by atoms with Gasteiger partial charge in [-0.05, 0) is 12.8 Å². The summed E-state index contributed by atoms with van der Waals surface area (Å²) in [5.74, 6) is 0.343. The van der Waals surface area contributed by atoms with Crippen molar-refractivity contribution in [2.24, 2.45) is 5.92 Å². The van der Waals surface area contributed by atoms with Crippen LogP contribution in [0.15, 0.2) is 0 Å². The van der Waals surface area contributed by atoms with Crippen LogP contribution in [0.2, 0.25) is 0 Å². The topological polar surface area (TPSA) is 17.1 Å². The first-order chi connectivity index (χ1) is 11.3. The summed E-state index contributed by atoms with van der Waals surface area (Å²) in [7, 11) is 0. The van der Waals surface area contributed by atoms with Gasteiger partial charge in [0.1, 0.15) is 6.29 Å². The zero-order chi connectivity index (χ0) is 17.0. The maximum Gasteiger partial charge on any atom is 0.123 e. The number of rotatable bonds is 19. The first-order valence-electron chi connectivity index (χ1n) is 10.8. The average Bonchev–Trinajstić information content (AvgIpc) is 2.57. The molecule has 0 aromatic rings. The fourth-order valence-electron chi connectivity index (χ4n) is 3.36. The quantitative estimate of drug-likeness (QED) is 0.174. The Balaban J connectivity index is 3.26. The van der Waals surface area contributed by atoms with Gasteiger partial charge in [-0.3, -0.25) is 0 Å². The standard InChI is InChI=1S/C22H44O/c1-3-5-7-9-10-11-12-13-14-16-18-20-22(21-23)19-17-15-8-6-4-2/h21-22H,3-20H2,1-2H3. The number of unbranched alkanes of at least 4 members (excludes halogenated alkanes) is 14. The summed E-state index contributed by atoms with van der Waals surface area (Å²) in [6.45, 7) is 4.53. The molecule has 1 heteroatoms. The molecule has 0 rings (SSSR count). The molecule has 0 amide bonds. The lowest BCUT2D eigenvalue weighted by atomic mass is 9.95. The fraction of sp³-hybridized carbons (Fsp3) is 0.955.